The van der Waals surface area contributed by atoms with Gasteiger partial charge in [0.25, 0.3) is 0 Å². The van der Waals surface area contributed by atoms with Crippen LogP contribution in [0, 0.1) is 47.3 Å². The molecule has 0 amide bonds. The Morgan fingerprint density at radius 3 is 2.57 bits per heavy atom. The van der Waals surface area contributed by atoms with Crippen LogP contribution in [0.1, 0.15) is 6.42 Å². The van der Waals surface area contributed by atoms with Crippen molar-refractivity contribution in [3.8, 4) is 0 Å². The van der Waals surface area contributed by atoms with Crippen molar-refractivity contribution in [3.63, 3.8) is 0 Å². The van der Waals surface area contributed by atoms with Crippen molar-refractivity contribution in [1.29, 1.82) is 0 Å². The minimum Gasteiger partial charge on any atom is -0.411 e. The van der Waals surface area contributed by atoms with Crippen LogP contribution in [0.15, 0.2) is 5.16 Å². The van der Waals surface area contributed by atoms with Crippen molar-refractivity contribution in [2.45, 2.75) is 11.2 Å². The highest BCUT2D eigenvalue weighted by molar-refractivity contribution is 9.09. The smallest absolute Gasteiger partial charge is 0.0644 e. The van der Waals surface area contributed by atoms with Gasteiger partial charge in [0.05, 0.1) is 5.71 Å². The molecule has 0 aromatic rings. The van der Waals surface area contributed by atoms with Crippen molar-refractivity contribution < 1.29 is 5.21 Å². The molecular formula is C11H12BrNO. The summed E-state index contributed by atoms with van der Waals surface area (Å²) in [6, 6.07) is 0. The molecule has 0 aromatic carbocycles. The average molecular weight is 254 g/mol. The molecule has 6 aliphatic rings. The van der Waals surface area contributed by atoms with Gasteiger partial charge in [-0.2, -0.15) is 0 Å². The highest BCUT2D eigenvalue weighted by Gasteiger charge is 2.82. The SMILES string of the molecule is O/N=C1/[C@H]2[C@@H]3C[C@@H]4[C@H]5[C@H](Br)[C@@H]([C@@H]1[C@@H]35)[C@H]42. The second kappa shape index (κ2) is 1.81. The van der Waals surface area contributed by atoms with Gasteiger partial charge in [0.15, 0.2) is 0 Å². The molecule has 1 N–H and O–H groups in total. The van der Waals surface area contributed by atoms with Gasteiger partial charge >= 0.3 is 0 Å². The summed E-state index contributed by atoms with van der Waals surface area (Å²) in [6.45, 7) is 0. The van der Waals surface area contributed by atoms with E-state index in [1.165, 1.54) is 12.1 Å². The maximum Gasteiger partial charge on any atom is 0.0644 e. The number of hydrogen-bond donors (Lipinski definition) is 1. The molecule has 74 valence electrons. The van der Waals surface area contributed by atoms with E-state index in [9.17, 15) is 0 Å². The summed E-state index contributed by atoms with van der Waals surface area (Å²) < 4.78 is 0. The highest BCUT2D eigenvalue weighted by Crippen LogP contribution is 2.82. The summed E-state index contributed by atoms with van der Waals surface area (Å²) in [4.78, 5) is 0.752. The monoisotopic (exact) mass is 253 g/mol. The Kier molecular flexibility index (Phi) is 0.940. The van der Waals surface area contributed by atoms with Gasteiger partial charge in [-0.25, -0.2) is 0 Å². The first-order valence-electron chi connectivity index (χ1n) is 5.70. The van der Waals surface area contributed by atoms with Crippen molar-refractivity contribution in [2.75, 3.05) is 0 Å². The molecule has 0 aliphatic heterocycles. The van der Waals surface area contributed by atoms with E-state index in [4.69, 9.17) is 5.21 Å². The predicted octanol–water partition coefficient (Wildman–Crippen LogP) is 1.97. The molecule has 6 rings (SSSR count). The number of oxime groups is 1. The van der Waals surface area contributed by atoms with E-state index >= 15 is 0 Å². The second-order valence-electron chi connectivity index (χ2n) is 5.89. The molecule has 6 bridgehead atoms. The first-order chi connectivity index (χ1) is 6.84. The van der Waals surface area contributed by atoms with Gasteiger partial charge in [-0.05, 0) is 41.9 Å². The van der Waals surface area contributed by atoms with Gasteiger partial charge in [0, 0.05) is 16.7 Å². The topological polar surface area (TPSA) is 32.6 Å². The Bertz CT molecular complexity index is 379. The lowest BCUT2D eigenvalue weighted by molar-refractivity contribution is 0.132. The van der Waals surface area contributed by atoms with E-state index in [1.807, 2.05) is 0 Å². The molecule has 0 spiro atoms. The summed E-state index contributed by atoms with van der Waals surface area (Å²) in [7, 11) is 0. The molecule has 0 saturated heterocycles. The van der Waals surface area contributed by atoms with Gasteiger partial charge in [-0.15, -0.1) is 0 Å². The molecule has 6 fully saturated rings. The molecule has 6 aliphatic carbocycles. The van der Waals surface area contributed by atoms with Crippen LogP contribution in [0.5, 0.6) is 0 Å². The molecule has 0 radical (unpaired) electrons. The van der Waals surface area contributed by atoms with Crippen LogP contribution in [0.2, 0.25) is 0 Å². The second-order valence-corrected chi connectivity index (χ2v) is 6.95. The Balaban J connectivity index is 1.85. The highest BCUT2D eigenvalue weighted by atomic mass is 79.9. The van der Waals surface area contributed by atoms with Crippen molar-refractivity contribution in [2.24, 2.45) is 52.5 Å². The summed E-state index contributed by atoms with van der Waals surface area (Å²) in [6.07, 6.45) is 1.44. The molecule has 6 saturated carbocycles. The first-order valence-corrected chi connectivity index (χ1v) is 6.62. The van der Waals surface area contributed by atoms with Crippen molar-refractivity contribution >= 4 is 21.6 Å². The fourth-order valence-corrected chi connectivity index (χ4v) is 7.79. The zero-order valence-corrected chi connectivity index (χ0v) is 9.26. The third-order valence-electron chi connectivity index (χ3n) is 6.16. The lowest BCUT2D eigenvalue weighted by Gasteiger charge is -2.32. The van der Waals surface area contributed by atoms with E-state index in [0.717, 1.165) is 40.3 Å². The molecule has 14 heavy (non-hydrogen) atoms. The summed E-state index contributed by atoms with van der Waals surface area (Å²) in [5.41, 5.74) is 1.20. The summed E-state index contributed by atoms with van der Waals surface area (Å²) in [5, 5.41) is 12.8. The largest absolute Gasteiger partial charge is 0.411 e. The molecule has 3 heteroatoms. The lowest BCUT2D eigenvalue weighted by atomic mass is 9.71. The van der Waals surface area contributed by atoms with Gasteiger partial charge in [-0.3, -0.25) is 0 Å². The lowest BCUT2D eigenvalue weighted by Crippen LogP contribution is -2.30. The maximum atomic E-state index is 9.14. The molecule has 2 nitrogen and oxygen atoms in total. The zero-order chi connectivity index (χ0) is 9.19. The first kappa shape index (κ1) is 7.26. The fourth-order valence-electron chi connectivity index (χ4n) is 6.36. The van der Waals surface area contributed by atoms with E-state index in [0.29, 0.717) is 11.8 Å². The Labute approximate surface area is 90.9 Å². The minimum absolute atomic E-state index is 0.674. The zero-order valence-electron chi connectivity index (χ0n) is 7.68. The Hall–Kier alpha value is -0.0500. The van der Waals surface area contributed by atoms with Crippen LogP contribution in [0.3, 0.4) is 0 Å². The van der Waals surface area contributed by atoms with E-state index in [2.05, 4.69) is 21.1 Å². The summed E-state index contributed by atoms with van der Waals surface area (Å²) >= 11 is 3.91. The molecule has 0 heterocycles. The van der Waals surface area contributed by atoms with Crippen LogP contribution in [0.4, 0.5) is 0 Å². The molecule has 0 unspecified atom stereocenters. The fraction of sp³-hybridized carbons (Fsp3) is 0.909. The summed E-state index contributed by atoms with van der Waals surface area (Å²) in [5.74, 6) is 6.84. The number of hydrogen-bond acceptors (Lipinski definition) is 2. The molecule has 9 atom stereocenters. The Morgan fingerprint density at radius 2 is 1.86 bits per heavy atom. The standard InChI is InChI=1S/C11H12BrNO/c12-10-6-2-1-3-4(6)9-8(10)5(2)7(3)11(9)13-14/h2-10,14H,1H2/b13-11-/t2-,3+,4-,5+,6+,7-,8+,9-,10-/m0/s1. The van der Waals surface area contributed by atoms with Crippen LogP contribution >= 0.6 is 15.9 Å². The Morgan fingerprint density at radius 1 is 1.07 bits per heavy atom. The third-order valence-corrected chi connectivity index (χ3v) is 7.38. The van der Waals surface area contributed by atoms with Crippen LogP contribution in [0.25, 0.3) is 0 Å². The van der Waals surface area contributed by atoms with Gasteiger partial charge in [0.1, 0.15) is 0 Å². The average Bonchev–Trinajstić information content (AvgIpc) is 2.85. The normalized spacial score (nSPS) is 77.8. The maximum absolute atomic E-state index is 9.14. The van der Waals surface area contributed by atoms with E-state index in [1.54, 1.807) is 0 Å². The number of halogens is 1. The van der Waals surface area contributed by atoms with Crippen molar-refractivity contribution in [3.05, 3.63) is 0 Å². The molecule has 0 aromatic heterocycles. The van der Waals surface area contributed by atoms with Crippen LogP contribution < -0.4 is 0 Å². The van der Waals surface area contributed by atoms with Crippen LogP contribution in [-0.2, 0) is 0 Å². The quantitative estimate of drug-likeness (QED) is 0.400. The van der Waals surface area contributed by atoms with E-state index < -0.39 is 0 Å². The van der Waals surface area contributed by atoms with Crippen LogP contribution in [-0.4, -0.2) is 15.7 Å². The third kappa shape index (κ3) is 0.427. The van der Waals surface area contributed by atoms with Gasteiger partial charge in [0.2, 0.25) is 0 Å². The number of alkyl halides is 1. The minimum atomic E-state index is 0.674. The number of nitrogens with zero attached hydrogens (tertiary/aromatic N) is 1. The van der Waals surface area contributed by atoms with Gasteiger partial charge in [-0.1, -0.05) is 21.1 Å². The molecular weight excluding hydrogens is 242 g/mol. The van der Waals surface area contributed by atoms with Crippen molar-refractivity contribution in [1.82, 2.24) is 0 Å². The number of rotatable bonds is 0. The van der Waals surface area contributed by atoms with Gasteiger partial charge < -0.3 is 5.21 Å². The van der Waals surface area contributed by atoms with E-state index in [-0.39, 0.29) is 0 Å². The predicted molar refractivity (Wildman–Crippen MR) is 54.5 cm³/mol.